The Morgan fingerprint density at radius 1 is 1.33 bits per heavy atom. The fraction of sp³-hybridized carbons (Fsp3) is 0.909. The van der Waals surface area contributed by atoms with Crippen molar-refractivity contribution in [1.82, 2.24) is 4.31 Å². The van der Waals surface area contributed by atoms with Crippen LogP contribution >= 0.6 is 0 Å². The topological polar surface area (TPSA) is 101 Å². The Kier molecular flexibility index (Phi) is 3.93. The standard InChI is InChI=1S/C11H20N2O4S/c12-6-8-4-5-13(7-8)18(16,17)10-3-1-2-9(10)11(14)15/h8-10H,1-7,12H2,(H,14,15). The Hall–Kier alpha value is -0.660. The molecular weight excluding hydrogens is 256 g/mol. The Morgan fingerprint density at radius 2 is 2.06 bits per heavy atom. The van der Waals surface area contributed by atoms with E-state index in [0.29, 0.717) is 38.9 Å². The monoisotopic (exact) mass is 276 g/mol. The zero-order valence-corrected chi connectivity index (χ0v) is 11.1. The number of nitrogens with zero attached hydrogens (tertiary/aromatic N) is 1. The van der Waals surface area contributed by atoms with Crippen LogP contribution in [0.1, 0.15) is 25.7 Å². The minimum Gasteiger partial charge on any atom is -0.481 e. The third-order valence-electron chi connectivity index (χ3n) is 4.09. The molecule has 3 unspecified atom stereocenters. The molecule has 0 aromatic carbocycles. The van der Waals surface area contributed by atoms with E-state index in [0.717, 1.165) is 6.42 Å². The maximum atomic E-state index is 12.4. The van der Waals surface area contributed by atoms with Crippen molar-refractivity contribution in [3.05, 3.63) is 0 Å². The molecule has 1 aliphatic carbocycles. The lowest BCUT2D eigenvalue weighted by atomic mass is 10.1. The summed E-state index contributed by atoms with van der Waals surface area (Å²) in [7, 11) is -3.48. The molecule has 0 aromatic heterocycles. The minimum atomic E-state index is -3.48. The van der Waals surface area contributed by atoms with Gasteiger partial charge in [0.25, 0.3) is 0 Å². The molecular formula is C11H20N2O4S. The molecule has 3 atom stereocenters. The van der Waals surface area contributed by atoms with Crippen LogP contribution in [-0.2, 0) is 14.8 Å². The summed E-state index contributed by atoms with van der Waals surface area (Å²) >= 11 is 0. The lowest BCUT2D eigenvalue weighted by molar-refractivity contribution is -0.141. The summed E-state index contributed by atoms with van der Waals surface area (Å²) < 4.78 is 26.3. The molecule has 0 radical (unpaired) electrons. The predicted octanol–water partition coefficient (Wildman–Crippen LogP) is -0.150. The second kappa shape index (κ2) is 5.14. The van der Waals surface area contributed by atoms with Gasteiger partial charge in [0.15, 0.2) is 0 Å². The van der Waals surface area contributed by atoms with Crippen LogP contribution in [0.25, 0.3) is 0 Å². The zero-order valence-electron chi connectivity index (χ0n) is 10.3. The van der Waals surface area contributed by atoms with Crippen LogP contribution in [0.3, 0.4) is 0 Å². The fourth-order valence-electron chi connectivity index (χ4n) is 2.98. The van der Waals surface area contributed by atoms with Gasteiger partial charge >= 0.3 is 5.97 Å². The average molecular weight is 276 g/mol. The van der Waals surface area contributed by atoms with Crippen molar-refractivity contribution in [3.8, 4) is 0 Å². The van der Waals surface area contributed by atoms with Crippen LogP contribution < -0.4 is 5.73 Å². The van der Waals surface area contributed by atoms with E-state index in [9.17, 15) is 13.2 Å². The Balaban J connectivity index is 2.14. The highest BCUT2D eigenvalue weighted by molar-refractivity contribution is 7.89. The van der Waals surface area contributed by atoms with Crippen molar-refractivity contribution in [3.63, 3.8) is 0 Å². The van der Waals surface area contributed by atoms with Crippen molar-refractivity contribution >= 4 is 16.0 Å². The minimum absolute atomic E-state index is 0.212. The summed E-state index contributed by atoms with van der Waals surface area (Å²) in [6.45, 7) is 1.41. The number of carbonyl (C=O) groups is 1. The van der Waals surface area contributed by atoms with Crippen LogP contribution in [0.2, 0.25) is 0 Å². The predicted molar refractivity (Wildman–Crippen MR) is 66.4 cm³/mol. The lowest BCUT2D eigenvalue weighted by Crippen LogP contribution is -2.41. The van der Waals surface area contributed by atoms with Crippen molar-refractivity contribution in [2.75, 3.05) is 19.6 Å². The normalized spacial score (nSPS) is 33.9. The van der Waals surface area contributed by atoms with E-state index in [-0.39, 0.29) is 5.92 Å². The summed E-state index contributed by atoms with van der Waals surface area (Å²) in [5.41, 5.74) is 5.55. The molecule has 1 saturated carbocycles. The molecule has 1 saturated heterocycles. The van der Waals surface area contributed by atoms with Gasteiger partial charge in [-0.05, 0) is 31.7 Å². The van der Waals surface area contributed by atoms with Crippen molar-refractivity contribution in [1.29, 1.82) is 0 Å². The summed E-state index contributed by atoms with van der Waals surface area (Å²) in [4.78, 5) is 11.1. The van der Waals surface area contributed by atoms with Crippen LogP contribution in [0.4, 0.5) is 0 Å². The third kappa shape index (κ3) is 2.39. The lowest BCUT2D eigenvalue weighted by Gasteiger charge is -2.23. The van der Waals surface area contributed by atoms with Gasteiger partial charge in [-0.2, -0.15) is 0 Å². The molecule has 0 spiro atoms. The maximum absolute atomic E-state index is 12.4. The molecule has 7 heteroatoms. The number of rotatable bonds is 4. The second-order valence-electron chi connectivity index (χ2n) is 5.21. The van der Waals surface area contributed by atoms with Crippen molar-refractivity contribution in [2.45, 2.75) is 30.9 Å². The maximum Gasteiger partial charge on any atom is 0.307 e. The average Bonchev–Trinajstić information content (AvgIpc) is 2.98. The second-order valence-corrected chi connectivity index (χ2v) is 7.36. The molecule has 0 aromatic rings. The van der Waals surface area contributed by atoms with Crippen LogP contribution in [0.5, 0.6) is 0 Å². The van der Waals surface area contributed by atoms with Gasteiger partial charge in [0, 0.05) is 13.1 Å². The van der Waals surface area contributed by atoms with E-state index in [2.05, 4.69) is 0 Å². The number of hydrogen-bond donors (Lipinski definition) is 2. The number of carboxylic acids is 1. The smallest absolute Gasteiger partial charge is 0.307 e. The highest BCUT2D eigenvalue weighted by Crippen LogP contribution is 2.34. The van der Waals surface area contributed by atoms with Gasteiger partial charge in [-0.1, -0.05) is 6.42 Å². The van der Waals surface area contributed by atoms with Gasteiger partial charge in [0.1, 0.15) is 0 Å². The fourth-order valence-corrected chi connectivity index (χ4v) is 5.27. The first kappa shape index (κ1) is 13.8. The molecule has 0 amide bonds. The van der Waals surface area contributed by atoms with Gasteiger partial charge in [-0.25, -0.2) is 12.7 Å². The molecule has 2 aliphatic rings. The van der Waals surface area contributed by atoms with E-state index in [4.69, 9.17) is 10.8 Å². The van der Waals surface area contributed by atoms with Crippen LogP contribution in [-0.4, -0.2) is 48.7 Å². The molecule has 1 aliphatic heterocycles. The summed E-state index contributed by atoms with van der Waals surface area (Å²) in [5.74, 6) is -1.52. The quantitative estimate of drug-likeness (QED) is 0.743. The summed E-state index contributed by atoms with van der Waals surface area (Å²) in [6.07, 6.45) is 2.38. The highest BCUT2D eigenvalue weighted by Gasteiger charge is 2.45. The molecule has 1 heterocycles. The first-order valence-corrected chi connectivity index (χ1v) is 7.89. The van der Waals surface area contributed by atoms with Gasteiger partial charge in [0.05, 0.1) is 11.2 Å². The Bertz CT molecular complexity index is 423. The largest absolute Gasteiger partial charge is 0.481 e. The number of nitrogens with two attached hydrogens (primary N) is 1. The molecule has 2 rings (SSSR count). The Labute approximate surface area is 107 Å². The molecule has 3 N–H and O–H groups in total. The number of aliphatic carboxylic acids is 1. The molecule has 18 heavy (non-hydrogen) atoms. The van der Waals surface area contributed by atoms with E-state index in [1.807, 2.05) is 0 Å². The van der Waals surface area contributed by atoms with Crippen LogP contribution in [0, 0.1) is 11.8 Å². The SMILES string of the molecule is NCC1CCN(S(=O)(=O)C2CCCC2C(=O)O)C1. The zero-order chi connectivity index (χ0) is 13.3. The van der Waals surface area contributed by atoms with Gasteiger partial charge in [-0.3, -0.25) is 4.79 Å². The molecule has 0 bridgehead atoms. The first-order valence-electron chi connectivity index (χ1n) is 6.38. The third-order valence-corrected chi connectivity index (χ3v) is 6.47. The van der Waals surface area contributed by atoms with Gasteiger partial charge in [0.2, 0.25) is 10.0 Å². The summed E-state index contributed by atoms with van der Waals surface area (Å²) in [5, 5.41) is 8.34. The number of sulfonamides is 1. The van der Waals surface area contributed by atoms with Crippen LogP contribution in [0.15, 0.2) is 0 Å². The van der Waals surface area contributed by atoms with E-state index in [1.54, 1.807) is 0 Å². The van der Waals surface area contributed by atoms with E-state index < -0.39 is 27.2 Å². The highest BCUT2D eigenvalue weighted by atomic mass is 32.2. The van der Waals surface area contributed by atoms with E-state index >= 15 is 0 Å². The van der Waals surface area contributed by atoms with Gasteiger partial charge in [-0.15, -0.1) is 0 Å². The van der Waals surface area contributed by atoms with E-state index in [1.165, 1.54) is 4.31 Å². The number of hydrogen-bond acceptors (Lipinski definition) is 4. The molecule has 6 nitrogen and oxygen atoms in total. The van der Waals surface area contributed by atoms with Gasteiger partial charge < -0.3 is 10.8 Å². The first-order chi connectivity index (χ1) is 8.46. The van der Waals surface area contributed by atoms with Crippen molar-refractivity contribution in [2.24, 2.45) is 17.6 Å². The summed E-state index contributed by atoms with van der Waals surface area (Å²) in [6, 6.07) is 0. The molecule has 2 fully saturated rings. The number of carboxylic acid groups (broad SMARTS) is 1. The molecule has 104 valence electrons. The van der Waals surface area contributed by atoms with Crippen molar-refractivity contribution < 1.29 is 18.3 Å². The Morgan fingerprint density at radius 3 is 2.61 bits per heavy atom.